The van der Waals surface area contributed by atoms with Crippen molar-refractivity contribution < 1.29 is 23.9 Å². The first-order valence-electron chi connectivity index (χ1n) is 9.30. The predicted molar refractivity (Wildman–Crippen MR) is 98.3 cm³/mol. The summed E-state index contributed by atoms with van der Waals surface area (Å²) in [5.74, 6) is -1.11. The van der Waals surface area contributed by atoms with Gasteiger partial charge in [-0.1, -0.05) is 0 Å². The second kappa shape index (κ2) is 8.00. The zero-order valence-corrected chi connectivity index (χ0v) is 15.6. The Labute approximate surface area is 158 Å². The maximum Gasteiger partial charge on any atom is 0.310 e. The van der Waals surface area contributed by atoms with Gasteiger partial charge < -0.3 is 4.74 Å². The van der Waals surface area contributed by atoms with Crippen LogP contribution in [0, 0.1) is 5.92 Å². The van der Waals surface area contributed by atoms with Gasteiger partial charge in [0.15, 0.2) is 5.78 Å². The van der Waals surface area contributed by atoms with Gasteiger partial charge in [0.25, 0.3) is 5.91 Å². The minimum absolute atomic E-state index is 0.0724. The van der Waals surface area contributed by atoms with E-state index in [0.29, 0.717) is 30.9 Å². The van der Waals surface area contributed by atoms with Gasteiger partial charge in [0, 0.05) is 12.1 Å². The number of likely N-dealkylation sites (tertiary alicyclic amines) is 1. The molecule has 0 N–H and O–H groups in total. The number of hydrogen-bond donors (Lipinski definition) is 0. The van der Waals surface area contributed by atoms with Crippen LogP contribution in [-0.4, -0.2) is 54.2 Å². The summed E-state index contributed by atoms with van der Waals surface area (Å²) >= 11 is 0. The largest absolute Gasteiger partial charge is 0.466 e. The Morgan fingerprint density at radius 3 is 2.52 bits per heavy atom. The summed E-state index contributed by atoms with van der Waals surface area (Å²) in [5.41, 5.74) is 0.999. The lowest BCUT2D eigenvalue weighted by atomic mass is 9.96. The molecule has 2 atom stereocenters. The third-order valence-electron chi connectivity index (χ3n) is 5.17. The molecule has 1 aromatic carbocycles. The quantitative estimate of drug-likeness (QED) is 0.445. The predicted octanol–water partition coefficient (Wildman–Crippen LogP) is 1.80. The number of piperidine rings is 1. The fraction of sp³-hybridized carbons (Fsp3) is 0.500. The number of nitrogens with zero attached hydrogens (tertiary/aromatic N) is 2. The SMILES string of the molecule is CCOC(=O)[C@@H]1CCCN([C@H]2CC(=O)N(c3ccc(C(C)=O)cc3)C2=O)C1. The Hall–Kier alpha value is -2.54. The first-order chi connectivity index (χ1) is 12.9. The van der Waals surface area contributed by atoms with Crippen molar-refractivity contribution in [2.45, 2.75) is 39.2 Å². The summed E-state index contributed by atoms with van der Waals surface area (Å²) in [6.45, 7) is 4.68. The highest BCUT2D eigenvalue weighted by molar-refractivity contribution is 6.22. The van der Waals surface area contributed by atoms with Gasteiger partial charge in [0.05, 0.1) is 30.7 Å². The lowest BCUT2D eigenvalue weighted by Gasteiger charge is -2.34. The van der Waals surface area contributed by atoms with Crippen molar-refractivity contribution in [2.75, 3.05) is 24.6 Å². The summed E-state index contributed by atoms with van der Waals surface area (Å²) in [4.78, 5) is 52.0. The van der Waals surface area contributed by atoms with E-state index in [1.54, 1.807) is 31.2 Å². The average Bonchev–Trinajstić information content (AvgIpc) is 2.96. The molecule has 0 bridgehead atoms. The van der Waals surface area contributed by atoms with E-state index in [1.165, 1.54) is 11.8 Å². The Kier molecular flexibility index (Phi) is 5.70. The van der Waals surface area contributed by atoms with Crippen LogP contribution in [0.3, 0.4) is 0 Å². The van der Waals surface area contributed by atoms with Crippen molar-refractivity contribution in [2.24, 2.45) is 5.92 Å². The molecule has 2 amide bonds. The van der Waals surface area contributed by atoms with Gasteiger partial charge in [0.1, 0.15) is 0 Å². The fourth-order valence-corrected chi connectivity index (χ4v) is 3.76. The van der Waals surface area contributed by atoms with E-state index in [1.807, 2.05) is 4.90 Å². The van der Waals surface area contributed by atoms with Gasteiger partial charge in [-0.3, -0.25) is 24.1 Å². The molecule has 1 aromatic rings. The third-order valence-corrected chi connectivity index (χ3v) is 5.17. The van der Waals surface area contributed by atoms with Crippen LogP contribution >= 0.6 is 0 Å². The van der Waals surface area contributed by atoms with E-state index in [2.05, 4.69) is 0 Å². The van der Waals surface area contributed by atoms with Gasteiger partial charge >= 0.3 is 5.97 Å². The van der Waals surface area contributed by atoms with Crippen LogP contribution in [0.15, 0.2) is 24.3 Å². The van der Waals surface area contributed by atoms with Crippen molar-refractivity contribution in [1.29, 1.82) is 0 Å². The van der Waals surface area contributed by atoms with Crippen LogP contribution in [0.25, 0.3) is 0 Å². The average molecular weight is 372 g/mol. The second-order valence-electron chi connectivity index (χ2n) is 6.98. The summed E-state index contributed by atoms with van der Waals surface area (Å²) in [6, 6.07) is 5.91. The van der Waals surface area contributed by atoms with E-state index >= 15 is 0 Å². The number of esters is 1. The van der Waals surface area contributed by atoms with Crippen LogP contribution in [0.1, 0.15) is 43.5 Å². The Morgan fingerprint density at radius 2 is 1.89 bits per heavy atom. The number of carbonyl (C=O) groups is 4. The molecule has 2 aliphatic rings. The number of imide groups is 1. The number of anilines is 1. The first-order valence-corrected chi connectivity index (χ1v) is 9.30. The highest BCUT2D eigenvalue weighted by Gasteiger charge is 2.44. The molecule has 144 valence electrons. The van der Waals surface area contributed by atoms with Crippen molar-refractivity contribution in [3.05, 3.63) is 29.8 Å². The number of amides is 2. The molecule has 7 nitrogen and oxygen atoms in total. The van der Waals surface area contributed by atoms with Gasteiger partial charge in [-0.2, -0.15) is 0 Å². The number of ether oxygens (including phenoxy) is 1. The Bertz CT molecular complexity index is 758. The van der Waals surface area contributed by atoms with E-state index in [-0.39, 0.29) is 35.9 Å². The molecule has 0 aliphatic carbocycles. The monoisotopic (exact) mass is 372 g/mol. The Morgan fingerprint density at radius 1 is 1.19 bits per heavy atom. The molecule has 2 fully saturated rings. The first kappa shape index (κ1) is 19.2. The summed E-state index contributed by atoms with van der Waals surface area (Å²) in [5, 5.41) is 0. The van der Waals surface area contributed by atoms with Crippen LogP contribution in [-0.2, 0) is 19.1 Å². The molecule has 2 heterocycles. The normalized spacial score (nSPS) is 23.6. The lowest BCUT2D eigenvalue weighted by molar-refractivity contribution is -0.150. The van der Waals surface area contributed by atoms with Gasteiger partial charge in [-0.25, -0.2) is 4.90 Å². The number of benzene rings is 1. The summed E-state index contributed by atoms with van der Waals surface area (Å²) < 4.78 is 5.11. The molecular weight excluding hydrogens is 348 g/mol. The minimum atomic E-state index is -0.554. The highest BCUT2D eigenvalue weighted by Crippen LogP contribution is 2.29. The summed E-state index contributed by atoms with van der Waals surface area (Å²) in [7, 11) is 0. The van der Waals surface area contributed by atoms with E-state index < -0.39 is 6.04 Å². The van der Waals surface area contributed by atoms with E-state index in [9.17, 15) is 19.2 Å². The van der Waals surface area contributed by atoms with Crippen LogP contribution in [0.4, 0.5) is 5.69 Å². The number of Topliss-reactive ketones (excluding diaryl/α,β-unsaturated/α-hetero) is 1. The topological polar surface area (TPSA) is 84.0 Å². The van der Waals surface area contributed by atoms with Gasteiger partial charge in [0.2, 0.25) is 5.91 Å². The maximum absolute atomic E-state index is 12.9. The molecule has 27 heavy (non-hydrogen) atoms. The molecule has 7 heteroatoms. The van der Waals surface area contributed by atoms with Crippen LogP contribution in [0.2, 0.25) is 0 Å². The maximum atomic E-state index is 12.9. The van der Waals surface area contributed by atoms with Crippen molar-refractivity contribution in [3.63, 3.8) is 0 Å². The molecule has 0 spiro atoms. The third kappa shape index (κ3) is 3.93. The zero-order chi connectivity index (χ0) is 19.6. The smallest absolute Gasteiger partial charge is 0.310 e. The van der Waals surface area contributed by atoms with Crippen molar-refractivity contribution in [3.8, 4) is 0 Å². The van der Waals surface area contributed by atoms with Crippen LogP contribution in [0.5, 0.6) is 0 Å². The molecule has 0 aromatic heterocycles. The second-order valence-corrected chi connectivity index (χ2v) is 6.98. The molecule has 2 aliphatic heterocycles. The number of ketones is 1. The molecule has 0 unspecified atom stereocenters. The van der Waals surface area contributed by atoms with Crippen LogP contribution < -0.4 is 4.90 Å². The lowest BCUT2D eigenvalue weighted by Crippen LogP contribution is -2.48. The number of rotatable bonds is 5. The molecule has 0 saturated carbocycles. The fourth-order valence-electron chi connectivity index (χ4n) is 3.76. The van der Waals surface area contributed by atoms with E-state index in [0.717, 1.165) is 12.8 Å². The Balaban J connectivity index is 1.73. The number of hydrogen-bond acceptors (Lipinski definition) is 6. The molecule has 3 rings (SSSR count). The van der Waals surface area contributed by atoms with Crippen molar-refractivity contribution in [1.82, 2.24) is 4.90 Å². The molecule has 0 radical (unpaired) electrons. The molecular formula is C20H24N2O5. The number of carbonyl (C=O) groups excluding carboxylic acids is 4. The zero-order valence-electron chi connectivity index (χ0n) is 15.6. The standard InChI is InChI=1S/C20H24N2O5/c1-3-27-20(26)15-5-4-10-21(12-15)17-11-18(24)22(19(17)25)16-8-6-14(7-9-16)13(2)23/h6-9,15,17H,3-5,10-12H2,1-2H3/t15-,17+/m1/s1. The molecule has 2 saturated heterocycles. The van der Waals surface area contributed by atoms with Gasteiger partial charge in [-0.15, -0.1) is 0 Å². The minimum Gasteiger partial charge on any atom is -0.466 e. The highest BCUT2D eigenvalue weighted by atomic mass is 16.5. The van der Waals surface area contributed by atoms with Crippen molar-refractivity contribution >= 4 is 29.3 Å². The van der Waals surface area contributed by atoms with E-state index in [4.69, 9.17) is 4.74 Å². The summed E-state index contributed by atoms with van der Waals surface area (Å²) in [6.07, 6.45) is 1.62. The van der Waals surface area contributed by atoms with Gasteiger partial charge in [-0.05, 0) is 57.5 Å².